The Kier molecular flexibility index (Phi) is 6.23. The fraction of sp³-hybridized carbons (Fsp3) is 0.0714. The molecular formula is C42H31N. The van der Waals surface area contributed by atoms with Crippen molar-refractivity contribution < 1.29 is 0 Å². The quantitative estimate of drug-likeness (QED) is 0.199. The Morgan fingerprint density at radius 2 is 1.16 bits per heavy atom. The molecule has 0 fully saturated rings. The third-order valence-corrected chi connectivity index (χ3v) is 8.90. The highest BCUT2D eigenvalue weighted by molar-refractivity contribution is 6.21. The summed E-state index contributed by atoms with van der Waals surface area (Å²) in [6.45, 7) is 2.26. The van der Waals surface area contributed by atoms with Crippen molar-refractivity contribution in [1.29, 1.82) is 0 Å². The Hall–Kier alpha value is -5.27. The lowest BCUT2D eigenvalue weighted by Crippen LogP contribution is -1.97. The molecule has 0 aliphatic heterocycles. The van der Waals surface area contributed by atoms with Crippen molar-refractivity contribution in [2.75, 3.05) is 0 Å². The normalized spacial score (nSPS) is 13.3. The van der Waals surface area contributed by atoms with E-state index >= 15 is 0 Å². The van der Waals surface area contributed by atoms with E-state index in [9.17, 15) is 0 Å². The molecule has 1 aromatic heterocycles. The summed E-state index contributed by atoms with van der Waals surface area (Å²) in [5.74, 6) is 0. The van der Waals surface area contributed by atoms with Gasteiger partial charge in [-0.2, -0.15) is 0 Å². The zero-order chi connectivity index (χ0) is 28.8. The van der Waals surface area contributed by atoms with Crippen molar-refractivity contribution >= 4 is 43.5 Å². The maximum atomic E-state index is 4.60. The molecule has 0 bridgehead atoms. The summed E-state index contributed by atoms with van der Waals surface area (Å²) in [5, 5.41) is 7.67. The number of allylic oxidation sites excluding steroid dienone is 4. The Morgan fingerprint density at radius 1 is 0.558 bits per heavy atom. The average Bonchev–Trinajstić information content (AvgIpc) is 3.07. The molecule has 204 valence electrons. The first-order chi connectivity index (χ1) is 21.2. The van der Waals surface area contributed by atoms with Crippen LogP contribution in [0.2, 0.25) is 0 Å². The Labute approximate surface area is 252 Å². The van der Waals surface area contributed by atoms with Gasteiger partial charge in [-0.05, 0) is 121 Å². The van der Waals surface area contributed by atoms with Crippen LogP contribution in [0.15, 0.2) is 146 Å². The molecular weight excluding hydrogens is 518 g/mol. The summed E-state index contributed by atoms with van der Waals surface area (Å²) in [4.78, 5) is 4.60. The molecule has 7 aromatic rings. The zero-order valence-electron chi connectivity index (χ0n) is 24.2. The number of benzene rings is 6. The predicted octanol–water partition coefficient (Wildman–Crippen LogP) is 11.4. The molecule has 0 saturated carbocycles. The van der Waals surface area contributed by atoms with Crippen molar-refractivity contribution in [3.05, 3.63) is 163 Å². The second-order valence-electron chi connectivity index (χ2n) is 11.5. The number of pyridine rings is 1. The number of nitrogens with zero attached hydrogens (tertiary/aromatic N) is 1. The largest absolute Gasteiger partial charge is 0.256 e. The highest BCUT2D eigenvalue weighted by atomic mass is 14.7. The van der Waals surface area contributed by atoms with Crippen molar-refractivity contribution in [1.82, 2.24) is 4.98 Å². The van der Waals surface area contributed by atoms with E-state index in [1.807, 2.05) is 12.3 Å². The van der Waals surface area contributed by atoms with Gasteiger partial charge < -0.3 is 0 Å². The van der Waals surface area contributed by atoms with Gasteiger partial charge in [-0.15, -0.1) is 0 Å². The molecule has 1 heteroatoms. The average molecular weight is 550 g/mol. The van der Waals surface area contributed by atoms with Crippen LogP contribution in [-0.4, -0.2) is 4.98 Å². The molecule has 0 saturated heterocycles. The van der Waals surface area contributed by atoms with Gasteiger partial charge in [0.15, 0.2) is 0 Å². The van der Waals surface area contributed by atoms with Crippen LogP contribution in [0.1, 0.15) is 29.7 Å². The van der Waals surface area contributed by atoms with Crippen LogP contribution in [0, 0.1) is 6.92 Å². The summed E-state index contributed by atoms with van der Waals surface area (Å²) in [6, 6.07) is 46.5. The summed E-state index contributed by atoms with van der Waals surface area (Å²) in [5.41, 5.74) is 11.4. The fourth-order valence-electron chi connectivity index (χ4n) is 6.90. The molecule has 0 unspecified atom stereocenters. The highest BCUT2D eigenvalue weighted by Gasteiger charge is 2.18. The summed E-state index contributed by atoms with van der Waals surface area (Å²) in [6.07, 6.45) is 8.59. The SMILES string of the molecule is Cc1cc(-c2c3ccccc3c(-c3ccc4ccccc4c3)c3ccccc23)ccc1C1=CC(c2ccccn2)=CCC1. The van der Waals surface area contributed by atoms with E-state index in [0.717, 1.165) is 18.5 Å². The number of hydrogen-bond acceptors (Lipinski definition) is 1. The smallest absolute Gasteiger partial charge is 0.0698 e. The van der Waals surface area contributed by atoms with Gasteiger partial charge in [0, 0.05) is 6.20 Å². The van der Waals surface area contributed by atoms with Crippen LogP contribution in [-0.2, 0) is 0 Å². The van der Waals surface area contributed by atoms with Gasteiger partial charge in [0.25, 0.3) is 0 Å². The highest BCUT2D eigenvalue weighted by Crippen LogP contribution is 2.44. The minimum Gasteiger partial charge on any atom is -0.256 e. The maximum Gasteiger partial charge on any atom is 0.0698 e. The van der Waals surface area contributed by atoms with Crippen LogP contribution in [0.25, 0.3) is 65.7 Å². The number of aromatic nitrogens is 1. The van der Waals surface area contributed by atoms with Gasteiger partial charge in [-0.3, -0.25) is 4.98 Å². The lowest BCUT2D eigenvalue weighted by molar-refractivity contribution is 1.05. The van der Waals surface area contributed by atoms with Crippen molar-refractivity contribution in [2.24, 2.45) is 0 Å². The predicted molar refractivity (Wildman–Crippen MR) is 184 cm³/mol. The fourth-order valence-corrected chi connectivity index (χ4v) is 6.90. The lowest BCUT2D eigenvalue weighted by atomic mass is 9.84. The standard InChI is InChI=1S/C42H31N/c1-28-25-33(22-23-35(28)31-13-10-14-32(27-31)40-19-8-9-24-43-40)41-36-15-4-6-17-38(36)42(39-18-7-5-16-37(39)41)34-21-20-29-11-2-3-12-30(29)26-34/h2-9,11-12,14-27H,10,13H2,1H3. The molecule has 1 aliphatic rings. The van der Waals surface area contributed by atoms with E-state index < -0.39 is 0 Å². The minimum atomic E-state index is 1.03. The Balaban J connectivity index is 1.30. The monoisotopic (exact) mass is 549 g/mol. The summed E-state index contributed by atoms with van der Waals surface area (Å²) < 4.78 is 0. The Bertz CT molecular complexity index is 2180. The first-order valence-electron chi connectivity index (χ1n) is 15.1. The number of rotatable bonds is 4. The van der Waals surface area contributed by atoms with Crippen LogP contribution in [0.5, 0.6) is 0 Å². The third kappa shape index (κ3) is 4.45. The molecule has 0 N–H and O–H groups in total. The van der Waals surface area contributed by atoms with E-state index in [-0.39, 0.29) is 0 Å². The van der Waals surface area contributed by atoms with Crippen molar-refractivity contribution in [3.8, 4) is 22.3 Å². The van der Waals surface area contributed by atoms with Gasteiger partial charge in [0.2, 0.25) is 0 Å². The van der Waals surface area contributed by atoms with E-state index in [1.54, 1.807) is 0 Å². The molecule has 0 radical (unpaired) electrons. The van der Waals surface area contributed by atoms with Gasteiger partial charge in [-0.1, -0.05) is 115 Å². The molecule has 1 heterocycles. The Morgan fingerprint density at radius 3 is 1.81 bits per heavy atom. The number of fused-ring (bicyclic) bond motifs is 3. The summed E-state index contributed by atoms with van der Waals surface area (Å²) in [7, 11) is 0. The number of hydrogen-bond donors (Lipinski definition) is 0. The molecule has 6 aromatic carbocycles. The van der Waals surface area contributed by atoms with E-state index in [2.05, 4.69) is 145 Å². The maximum absolute atomic E-state index is 4.60. The first-order valence-corrected chi connectivity index (χ1v) is 15.1. The van der Waals surface area contributed by atoms with Crippen LogP contribution in [0.4, 0.5) is 0 Å². The number of aryl methyl sites for hydroxylation is 1. The van der Waals surface area contributed by atoms with Gasteiger partial charge in [0.1, 0.15) is 0 Å². The van der Waals surface area contributed by atoms with Crippen LogP contribution in [0.3, 0.4) is 0 Å². The summed E-state index contributed by atoms with van der Waals surface area (Å²) >= 11 is 0. The molecule has 43 heavy (non-hydrogen) atoms. The molecule has 1 nitrogen and oxygen atoms in total. The molecule has 8 rings (SSSR count). The zero-order valence-corrected chi connectivity index (χ0v) is 24.2. The molecule has 1 aliphatic carbocycles. The second-order valence-corrected chi connectivity index (χ2v) is 11.5. The lowest BCUT2D eigenvalue weighted by Gasteiger charge is -2.20. The second kappa shape index (κ2) is 10.5. The van der Waals surface area contributed by atoms with Crippen LogP contribution < -0.4 is 0 Å². The van der Waals surface area contributed by atoms with Gasteiger partial charge in [-0.25, -0.2) is 0 Å². The van der Waals surface area contributed by atoms with Crippen LogP contribution >= 0.6 is 0 Å². The van der Waals surface area contributed by atoms with E-state index in [4.69, 9.17) is 0 Å². The first kappa shape index (κ1) is 25.4. The minimum absolute atomic E-state index is 1.03. The van der Waals surface area contributed by atoms with E-state index in [0.29, 0.717) is 0 Å². The topological polar surface area (TPSA) is 12.9 Å². The van der Waals surface area contributed by atoms with Crippen molar-refractivity contribution in [3.63, 3.8) is 0 Å². The molecule has 0 amide bonds. The van der Waals surface area contributed by atoms with Gasteiger partial charge >= 0.3 is 0 Å². The van der Waals surface area contributed by atoms with E-state index in [1.165, 1.54) is 76.8 Å². The third-order valence-electron chi connectivity index (χ3n) is 8.90. The molecule has 0 spiro atoms. The van der Waals surface area contributed by atoms with Gasteiger partial charge in [0.05, 0.1) is 5.69 Å². The van der Waals surface area contributed by atoms with Crippen molar-refractivity contribution in [2.45, 2.75) is 19.8 Å². The molecule has 0 atom stereocenters.